The summed E-state index contributed by atoms with van der Waals surface area (Å²) in [4.78, 5) is 24.4. The molecule has 1 fully saturated rings. The monoisotopic (exact) mass is 243 g/mol. The molecule has 0 radical (unpaired) electrons. The van der Waals surface area contributed by atoms with E-state index < -0.39 is 6.09 Å². The molecule has 1 aliphatic heterocycles. The van der Waals surface area contributed by atoms with Gasteiger partial charge < -0.3 is 15.8 Å². The average molecular weight is 243 g/mol. The predicted molar refractivity (Wildman–Crippen MR) is 63.4 cm³/mol. The molecule has 0 aromatic heterocycles. The quantitative estimate of drug-likeness (QED) is 0.732. The second kappa shape index (κ2) is 6.44. The number of ether oxygens (including phenoxy) is 1. The fourth-order valence-corrected chi connectivity index (χ4v) is 2.00. The summed E-state index contributed by atoms with van der Waals surface area (Å²) in [5.41, 5.74) is 5.27. The van der Waals surface area contributed by atoms with Gasteiger partial charge >= 0.3 is 6.09 Å². The zero-order valence-electron chi connectivity index (χ0n) is 10.4. The number of hydrogen-bond acceptors (Lipinski definition) is 4. The van der Waals surface area contributed by atoms with E-state index in [9.17, 15) is 9.59 Å². The molecular formula is C11H21N3O3. The van der Waals surface area contributed by atoms with Crippen molar-refractivity contribution in [3.63, 3.8) is 0 Å². The van der Waals surface area contributed by atoms with Gasteiger partial charge in [0.05, 0.1) is 12.6 Å². The molecule has 1 saturated heterocycles. The zero-order valence-corrected chi connectivity index (χ0v) is 10.4. The predicted octanol–water partition coefficient (Wildman–Crippen LogP) is 0.0707. The third kappa shape index (κ3) is 4.22. The Morgan fingerprint density at radius 3 is 2.88 bits per heavy atom. The maximum absolute atomic E-state index is 11.3. The molecule has 3 N–H and O–H groups in total. The smallest absolute Gasteiger partial charge is 0.407 e. The van der Waals surface area contributed by atoms with Crippen LogP contribution >= 0.6 is 0 Å². The minimum absolute atomic E-state index is 0.0320. The highest BCUT2D eigenvalue weighted by Gasteiger charge is 2.27. The number of piperidine rings is 1. The lowest BCUT2D eigenvalue weighted by atomic mass is 10.0. The molecule has 0 aliphatic carbocycles. The van der Waals surface area contributed by atoms with Crippen molar-refractivity contribution in [2.24, 2.45) is 5.73 Å². The summed E-state index contributed by atoms with van der Waals surface area (Å²) in [6.07, 6.45) is 1.45. The van der Waals surface area contributed by atoms with Gasteiger partial charge in [-0.05, 0) is 33.2 Å². The van der Waals surface area contributed by atoms with Gasteiger partial charge in [-0.15, -0.1) is 0 Å². The molecule has 0 unspecified atom stereocenters. The number of hydrogen-bond donors (Lipinski definition) is 2. The maximum Gasteiger partial charge on any atom is 0.407 e. The minimum atomic E-state index is -0.397. The van der Waals surface area contributed by atoms with E-state index in [0.29, 0.717) is 13.2 Å². The highest BCUT2D eigenvalue weighted by atomic mass is 16.5. The number of primary amides is 1. The minimum Gasteiger partial charge on any atom is -0.450 e. The van der Waals surface area contributed by atoms with Crippen LogP contribution in [0.25, 0.3) is 0 Å². The Bertz CT molecular complexity index is 283. The normalized spacial score (nSPS) is 22.8. The SMILES string of the molecule is CCOC(=O)N[C@H]1CCCN([C@@H](C)C(N)=O)C1. The summed E-state index contributed by atoms with van der Waals surface area (Å²) in [5, 5.41) is 2.79. The molecule has 98 valence electrons. The lowest BCUT2D eigenvalue weighted by Crippen LogP contribution is -2.53. The summed E-state index contributed by atoms with van der Waals surface area (Å²) >= 11 is 0. The van der Waals surface area contributed by atoms with E-state index in [2.05, 4.69) is 5.32 Å². The second-order valence-electron chi connectivity index (χ2n) is 4.28. The van der Waals surface area contributed by atoms with Crippen molar-refractivity contribution in [3.8, 4) is 0 Å². The number of nitrogens with one attached hydrogen (secondary N) is 1. The number of carbonyl (C=O) groups excluding carboxylic acids is 2. The molecule has 2 atom stereocenters. The molecule has 0 bridgehead atoms. The average Bonchev–Trinajstić information content (AvgIpc) is 2.28. The molecule has 0 saturated carbocycles. The molecule has 6 nitrogen and oxygen atoms in total. The fraction of sp³-hybridized carbons (Fsp3) is 0.818. The largest absolute Gasteiger partial charge is 0.450 e. The molecule has 6 heteroatoms. The highest BCUT2D eigenvalue weighted by molar-refractivity contribution is 5.79. The van der Waals surface area contributed by atoms with Crippen molar-refractivity contribution in [1.29, 1.82) is 0 Å². The van der Waals surface area contributed by atoms with Gasteiger partial charge in [-0.25, -0.2) is 4.79 Å². The van der Waals surface area contributed by atoms with Crippen LogP contribution in [-0.4, -0.2) is 48.7 Å². The molecule has 0 aromatic carbocycles. The summed E-state index contributed by atoms with van der Waals surface area (Å²) in [6, 6.07) is -0.258. The third-order valence-electron chi connectivity index (χ3n) is 3.01. The summed E-state index contributed by atoms with van der Waals surface area (Å²) < 4.78 is 4.83. The molecule has 0 spiro atoms. The van der Waals surface area contributed by atoms with Gasteiger partial charge in [0, 0.05) is 12.6 Å². The van der Waals surface area contributed by atoms with E-state index in [4.69, 9.17) is 10.5 Å². The van der Waals surface area contributed by atoms with Crippen molar-refractivity contribution >= 4 is 12.0 Å². The first kappa shape index (κ1) is 13.8. The Hall–Kier alpha value is -1.30. The molecule has 17 heavy (non-hydrogen) atoms. The van der Waals surface area contributed by atoms with Gasteiger partial charge in [0.2, 0.25) is 5.91 Å². The summed E-state index contributed by atoms with van der Waals surface area (Å²) in [6.45, 7) is 5.39. The van der Waals surface area contributed by atoms with Crippen molar-refractivity contribution in [3.05, 3.63) is 0 Å². The van der Waals surface area contributed by atoms with Crippen LogP contribution in [0, 0.1) is 0 Å². The van der Waals surface area contributed by atoms with Gasteiger partial charge in [0.1, 0.15) is 0 Å². The van der Waals surface area contributed by atoms with Crippen molar-refractivity contribution < 1.29 is 14.3 Å². The number of amides is 2. The van der Waals surface area contributed by atoms with Gasteiger partial charge in [-0.1, -0.05) is 0 Å². The van der Waals surface area contributed by atoms with E-state index in [1.54, 1.807) is 13.8 Å². The Morgan fingerprint density at radius 1 is 1.59 bits per heavy atom. The molecule has 2 amide bonds. The van der Waals surface area contributed by atoms with Crippen LogP contribution in [-0.2, 0) is 9.53 Å². The Labute approximate surface area is 101 Å². The van der Waals surface area contributed by atoms with Crippen LogP contribution in [0.15, 0.2) is 0 Å². The number of carbonyl (C=O) groups is 2. The van der Waals surface area contributed by atoms with Crippen LogP contribution in [0.1, 0.15) is 26.7 Å². The lowest BCUT2D eigenvalue weighted by molar-refractivity contribution is -0.123. The van der Waals surface area contributed by atoms with E-state index in [1.807, 2.05) is 4.90 Å². The van der Waals surface area contributed by atoms with Crippen LogP contribution in [0.4, 0.5) is 4.79 Å². The molecule has 1 rings (SSSR count). The van der Waals surface area contributed by atoms with E-state index in [1.165, 1.54) is 0 Å². The molecule has 0 aromatic rings. The Morgan fingerprint density at radius 2 is 2.29 bits per heavy atom. The summed E-state index contributed by atoms with van der Waals surface area (Å²) in [7, 11) is 0. The van der Waals surface area contributed by atoms with Gasteiger partial charge in [-0.2, -0.15) is 0 Å². The third-order valence-corrected chi connectivity index (χ3v) is 3.01. The van der Waals surface area contributed by atoms with Crippen LogP contribution in [0.5, 0.6) is 0 Å². The first-order chi connectivity index (χ1) is 8.04. The first-order valence-corrected chi connectivity index (χ1v) is 6.01. The van der Waals surface area contributed by atoms with Crippen molar-refractivity contribution in [1.82, 2.24) is 10.2 Å². The standard InChI is InChI=1S/C11H21N3O3/c1-3-17-11(16)13-9-5-4-6-14(7-9)8(2)10(12)15/h8-9H,3-7H2,1-2H3,(H2,12,15)(H,13,16)/t8-,9-/m0/s1. The molecular weight excluding hydrogens is 222 g/mol. The topological polar surface area (TPSA) is 84.7 Å². The van der Waals surface area contributed by atoms with Crippen LogP contribution < -0.4 is 11.1 Å². The number of nitrogens with two attached hydrogens (primary N) is 1. The second-order valence-corrected chi connectivity index (χ2v) is 4.28. The van der Waals surface area contributed by atoms with E-state index in [0.717, 1.165) is 19.4 Å². The van der Waals surface area contributed by atoms with Gasteiger partial charge in [-0.3, -0.25) is 9.69 Å². The maximum atomic E-state index is 11.3. The van der Waals surface area contributed by atoms with Crippen LogP contribution in [0.3, 0.4) is 0 Å². The number of nitrogens with zero attached hydrogens (tertiary/aromatic N) is 1. The molecule has 1 aliphatic rings. The van der Waals surface area contributed by atoms with E-state index >= 15 is 0 Å². The van der Waals surface area contributed by atoms with Crippen molar-refractivity contribution in [2.45, 2.75) is 38.8 Å². The first-order valence-electron chi connectivity index (χ1n) is 6.01. The summed E-state index contributed by atoms with van der Waals surface area (Å²) in [5.74, 6) is -0.332. The zero-order chi connectivity index (χ0) is 12.8. The Balaban J connectivity index is 2.43. The molecule has 1 heterocycles. The highest BCUT2D eigenvalue weighted by Crippen LogP contribution is 2.13. The fourth-order valence-electron chi connectivity index (χ4n) is 2.00. The van der Waals surface area contributed by atoms with Crippen molar-refractivity contribution in [2.75, 3.05) is 19.7 Å². The lowest BCUT2D eigenvalue weighted by Gasteiger charge is -2.35. The van der Waals surface area contributed by atoms with E-state index in [-0.39, 0.29) is 18.0 Å². The number of alkyl carbamates (subject to hydrolysis) is 1. The number of likely N-dealkylation sites (tertiary alicyclic amines) is 1. The van der Waals surface area contributed by atoms with Crippen LogP contribution in [0.2, 0.25) is 0 Å². The van der Waals surface area contributed by atoms with Gasteiger partial charge in [0.25, 0.3) is 0 Å². The number of rotatable bonds is 4. The Kier molecular flexibility index (Phi) is 5.21. The van der Waals surface area contributed by atoms with Gasteiger partial charge in [0.15, 0.2) is 0 Å².